The van der Waals surface area contributed by atoms with Crippen molar-refractivity contribution in [2.45, 2.75) is 6.92 Å². The van der Waals surface area contributed by atoms with E-state index >= 15 is 0 Å². The molecule has 1 amide bonds. The highest BCUT2D eigenvalue weighted by atomic mass is 32.2. The molecule has 2 aromatic carbocycles. The maximum absolute atomic E-state index is 12.3. The summed E-state index contributed by atoms with van der Waals surface area (Å²) in [6.07, 6.45) is 1.12. The van der Waals surface area contributed by atoms with Crippen LogP contribution in [-0.2, 0) is 10.0 Å². The predicted molar refractivity (Wildman–Crippen MR) is 88.8 cm³/mol. The number of benzene rings is 2. The van der Waals surface area contributed by atoms with Crippen LogP contribution in [0, 0.1) is 6.92 Å². The first-order chi connectivity index (χ1) is 10.3. The molecular formula is C16H18N2O3S. The smallest absolute Gasteiger partial charge is 0.255 e. The molecule has 0 unspecified atom stereocenters. The van der Waals surface area contributed by atoms with E-state index in [2.05, 4.69) is 5.32 Å². The number of anilines is 2. The molecular weight excluding hydrogens is 300 g/mol. The number of carbonyl (C=O) groups is 1. The number of amides is 1. The van der Waals surface area contributed by atoms with Gasteiger partial charge in [0.05, 0.1) is 17.6 Å². The summed E-state index contributed by atoms with van der Waals surface area (Å²) in [5.74, 6) is -0.283. The van der Waals surface area contributed by atoms with Gasteiger partial charge in [-0.25, -0.2) is 8.42 Å². The van der Waals surface area contributed by atoms with Gasteiger partial charge >= 0.3 is 0 Å². The van der Waals surface area contributed by atoms with Crippen molar-refractivity contribution in [3.05, 3.63) is 59.7 Å². The highest BCUT2D eigenvalue weighted by Crippen LogP contribution is 2.26. The lowest BCUT2D eigenvalue weighted by atomic mass is 10.1. The predicted octanol–water partition coefficient (Wildman–Crippen LogP) is 2.64. The lowest BCUT2D eigenvalue weighted by Gasteiger charge is -2.20. The van der Waals surface area contributed by atoms with Gasteiger partial charge in [0, 0.05) is 12.6 Å². The SMILES string of the molecule is Cc1ccc(C(=O)Nc2ccccc2N(C)S(C)(=O)=O)cc1. The van der Waals surface area contributed by atoms with Crippen LogP contribution in [0.15, 0.2) is 48.5 Å². The Hall–Kier alpha value is -2.34. The lowest BCUT2D eigenvalue weighted by molar-refractivity contribution is 0.102. The Bertz CT molecular complexity index is 783. The first-order valence-corrected chi connectivity index (χ1v) is 8.55. The van der Waals surface area contributed by atoms with Gasteiger partial charge < -0.3 is 5.32 Å². The van der Waals surface area contributed by atoms with Crippen LogP contribution in [0.1, 0.15) is 15.9 Å². The van der Waals surface area contributed by atoms with Crippen LogP contribution >= 0.6 is 0 Å². The normalized spacial score (nSPS) is 11.0. The van der Waals surface area contributed by atoms with Gasteiger partial charge in [0.2, 0.25) is 10.0 Å². The molecule has 5 nitrogen and oxygen atoms in total. The molecule has 0 heterocycles. The number of carbonyl (C=O) groups excluding carboxylic acids is 1. The van der Waals surface area contributed by atoms with E-state index in [9.17, 15) is 13.2 Å². The minimum absolute atomic E-state index is 0.283. The summed E-state index contributed by atoms with van der Waals surface area (Å²) in [6.45, 7) is 1.94. The summed E-state index contributed by atoms with van der Waals surface area (Å²) in [4.78, 5) is 12.3. The summed E-state index contributed by atoms with van der Waals surface area (Å²) in [7, 11) is -1.95. The number of aryl methyl sites for hydroxylation is 1. The average molecular weight is 318 g/mol. The molecule has 0 aliphatic heterocycles. The average Bonchev–Trinajstić information content (AvgIpc) is 2.46. The van der Waals surface area contributed by atoms with E-state index in [1.165, 1.54) is 7.05 Å². The molecule has 0 bridgehead atoms. The molecule has 0 aliphatic carbocycles. The van der Waals surface area contributed by atoms with Crippen LogP contribution in [-0.4, -0.2) is 27.6 Å². The second kappa shape index (κ2) is 6.19. The van der Waals surface area contributed by atoms with Crippen LogP contribution in [0.25, 0.3) is 0 Å². The molecule has 0 saturated carbocycles. The van der Waals surface area contributed by atoms with Crippen molar-refractivity contribution in [3.8, 4) is 0 Å². The van der Waals surface area contributed by atoms with Crippen molar-refractivity contribution in [1.29, 1.82) is 0 Å². The monoisotopic (exact) mass is 318 g/mol. The molecule has 6 heteroatoms. The first kappa shape index (κ1) is 16.0. The van der Waals surface area contributed by atoms with E-state index in [0.717, 1.165) is 16.1 Å². The third-order valence-corrected chi connectivity index (χ3v) is 4.49. The molecule has 0 fully saturated rings. The third kappa shape index (κ3) is 3.65. The van der Waals surface area contributed by atoms with Gasteiger partial charge in [0.1, 0.15) is 0 Å². The van der Waals surface area contributed by atoms with E-state index in [0.29, 0.717) is 16.9 Å². The molecule has 2 rings (SSSR count). The quantitative estimate of drug-likeness (QED) is 0.942. The zero-order chi connectivity index (χ0) is 16.3. The van der Waals surface area contributed by atoms with E-state index in [1.807, 2.05) is 19.1 Å². The Morgan fingerprint density at radius 2 is 1.64 bits per heavy atom. The number of sulfonamides is 1. The van der Waals surface area contributed by atoms with Gasteiger partial charge in [-0.05, 0) is 31.2 Å². The molecule has 0 atom stereocenters. The van der Waals surface area contributed by atoms with E-state index in [-0.39, 0.29) is 5.91 Å². The molecule has 0 aromatic heterocycles. The number of nitrogens with zero attached hydrogens (tertiary/aromatic N) is 1. The van der Waals surface area contributed by atoms with E-state index in [4.69, 9.17) is 0 Å². The Balaban J connectivity index is 2.30. The van der Waals surface area contributed by atoms with Crippen molar-refractivity contribution in [3.63, 3.8) is 0 Å². The van der Waals surface area contributed by atoms with Gasteiger partial charge in [-0.1, -0.05) is 29.8 Å². The second-order valence-corrected chi connectivity index (χ2v) is 7.08. The number of rotatable bonds is 4. The van der Waals surface area contributed by atoms with Crippen molar-refractivity contribution in [2.24, 2.45) is 0 Å². The summed E-state index contributed by atoms with van der Waals surface area (Å²) in [6, 6.07) is 13.9. The first-order valence-electron chi connectivity index (χ1n) is 6.70. The number of hydrogen-bond donors (Lipinski definition) is 1. The van der Waals surface area contributed by atoms with Crippen LogP contribution in [0.2, 0.25) is 0 Å². The summed E-state index contributed by atoms with van der Waals surface area (Å²) in [5, 5.41) is 2.75. The van der Waals surface area contributed by atoms with E-state index < -0.39 is 10.0 Å². The highest BCUT2D eigenvalue weighted by Gasteiger charge is 2.17. The zero-order valence-electron chi connectivity index (χ0n) is 12.7. The van der Waals surface area contributed by atoms with Gasteiger partial charge in [-0.3, -0.25) is 9.10 Å². The number of hydrogen-bond acceptors (Lipinski definition) is 3. The van der Waals surface area contributed by atoms with Crippen molar-refractivity contribution >= 4 is 27.3 Å². The molecule has 0 spiro atoms. The number of para-hydroxylation sites is 2. The molecule has 1 N–H and O–H groups in total. The van der Waals surface area contributed by atoms with Gasteiger partial charge in [0.15, 0.2) is 0 Å². The van der Waals surface area contributed by atoms with Gasteiger partial charge in [-0.15, -0.1) is 0 Å². The van der Waals surface area contributed by atoms with Crippen molar-refractivity contribution in [1.82, 2.24) is 0 Å². The van der Waals surface area contributed by atoms with Crippen LogP contribution < -0.4 is 9.62 Å². The third-order valence-electron chi connectivity index (χ3n) is 3.30. The Kier molecular flexibility index (Phi) is 4.51. The molecule has 0 radical (unpaired) electrons. The summed E-state index contributed by atoms with van der Waals surface area (Å²) in [5.41, 5.74) is 2.45. The molecule has 116 valence electrons. The topological polar surface area (TPSA) is 66.5 Å². The fourth-order valence-electron chi connectivity index (χ4n) is 1.93. The Morgan fingerprint density at radius 3 is 2.23 bits per heavy atom. The molecule has 2 aromatic rings. The fraction of sp³-hybridized carbons (Fsp3) is 0.188. The van der Waals surface area contributed by atoms with Crippen LogP contribution in [0.4, 0.5) is 11.4 Å². The standard InChI is InChI=1S/C16H18N2O3S/c1-12-8-10-13(11-9-12)16(19)17-14-6-4-5-7-15(14)18(2)22(3,20)21/h4-11H,1-3H3,(H,17,19). The second-order valence-electron chi connectivity index (χ2n) is 5.07. The van der Waals surface area contributed by atoms with Gasteiger partial charge in [-0.2, -0.15) is 0 Å². The Labute approximate surface area is 130 Å². The van der Waals surface area contributed by atoms with E-state index in [1.54, 1.807) is 36.4 Å². The van der Waals surface area contributed by atoms with Gasteiger partial charge in [0.25, 0.3) is 5.91 Å². The summed E-state index contributed by atoms with van der Waals surface area (Å²) < 4.78 is 24.5. The Morgan fingerprint density at radius 1 is 1.05 bits per heavy atom. The highest BCUT2D eigenvalue weighted by molar-refractivity contribution is 7.92. The van der Waals surface area contributed by atoms with Crippen molar-refractivity contribution < 1.29 is 13.2 Å². The minimum atomic E-state index is -3.40. The lowest BCUT2D eigenvalue weighted by Crippen LogP contribution is -2.26. The van der Waals surface area contributed by atoms with Crippen molar-refractivity contribution in [2.75, 3.05) is 22.9 Å². The minimum Gasteiger partial charge on any atom is -0.320 e. The maximum Gasteiger partial charge on any atom is 0.255 e. The molecule has 0 saturated heterocycles. The number of nitrogens with one attached hydrogen (secondary N) is 1. The molecule has 0 aliphatic rings. The summed E-state index contributed by atoms with van der Waals surface area (Å²) >= 11 is 0. The maximum atomic E-state index is 12.3. The zero-order valence-corrected chi connectivity index (χ0v) is 13.5. The molecule has 22 heavy (non-hydrogen) atoms. The van der Waals surface area contributed by atoms with Crippen LogP contribution in [0.5, 0.6) is 0 Å². The fourth-order valence-corrected chi connectivity index (χ4v) is 2.45. The largest absolute Gasteiger partial charge is 0.320 e. The van der Waals surface area contributed by atoms with Crippen LogP contribution in [0.3, 0.4) is 0 Å².